The number of hydrogen-bond donors (Lipinski definition) is 0. The Hall–Kier alpha value is -3.86. The fraction of sp³-hybridized carbons (Fsp3) is 0.267. The third-order valence-corrected chi connectivity index (χ3v) is 5.79. The first-order valence-electron chi connectivity index (χ1n) is 11.9. The van der Waals surface area contributed by atoms with Gasteiger partial charge in [-0.3, -0.25) is 0 Å². The third-order valence-electron chi connectivity index (χ3n) is 5.79. The molecule has 0 bridgehead atoms. The van der Waals surface area contributed by atoms with Crippen molar-refractivity contribution in [3.8, 4) is 22.7 Å². The average Bonchev–Trinajstić information content (AvgIpc) is 3.30. The molecule has 0 aliphatic carbocycles. The van der Waals surface area contributed by atoms with Crippen LogP contribution in [0, 0.1) is 6.92 Å². The van der Waals surface area contributed by atoms with E-state index >= 15 is 0 Å². The minimum absolute atomic E-state index is 0.110. The topological polar surface area (TPSA) is 53.4 Å². The largest absolute Gasteiger partial charge is 0.493 e. The van der Waals surface area contributed by atoms with Crippen LogP contribution in [0.2, 0.25) is 0 Å². The lowest BCUT2D eigenvalue weighted by Crippen LogP contribution is -2.11. The molecule has 0 saturated heterocycles. The molecule has 3 aromatic carbocycles. The predicted octanol–water partition coefficient (Wildman–Crippen LogP) is 6.77. The third kappa shape index (κ3) is 6.18. The SMILES string of the molecule is Cc1ccc(-c2nn(-c3ccccc3)cc2C(=O)OCCCOc2ccc(C(C)(C)C)cc2)cc1. The summed E-state index contributed by atoms with van der Waals surface area (Å²) in [5.41, 5.74) is 5.32. The highest BCUT2D eigenvalue weighted by Crippen LogP contribution is 2.26. The summed E-state index contributed by atoms with van der Waals surface area (Å²) in [6, 6.07) is 25.9. The van der Waals surface area contributed by atoms with Crippen LogP contribution in [0.5, 0.6) is 5.75 Å². The number of para-hydroxylation sites is 1. The number of aryl methyl sites for hydroxylation is 1. The maximum atomic E-state index is 13.0. The van der Waals surface area contributed by atoms with Crippen LogP contribution in [0.4, 0.5) is 0 Å². The van der Waals surface area contributed by atoms with Crippen molar-refractivity contribution < 1.29 is 14.3 Å². The maximum absolute atomic E-state index is 13.0. The molecule has 35 heavy (non-hydrogen) atoms. The van der Waals surface area contributed by atoms with Gasteiger partial charge in [-0.15, -0.1) is 0 Å². The first kappa shape index (κ1) is 24.3. The van der Waals surface area contributed by atoms with Crippen molar-refractivity contribution in [1.29, 1.82) is 0 Å². The smallest absolute Gasteiger partial charge is 0.342 e. The van der Waals surface area contributed by atoms with Gasteiger partial charge < -0.3 is 9.47 Å². The Bertz CT molecular complexity index is 1250. The molecule has 180 valence electrons. The number of rotatable bonds is 8. The van der Waals surface area contributed by atoms with Crippen molar-refractivity contribution in [3.05, 3.63) is 102 Å². The number of hydrogen-bond acceptors (Lipinski definition) is 4. The monoisotopic (exact) mass is 468 g/mol. The van der Waals surface area contributed by atoms with E-state index in [2.05, 4.69) is 32.9 Å². The Morgan fingerprint density at radius 1 is 0.886 bits per heavy atom. The van der Waals surface area contributed by atoms with Gasteiger partial charge in [-0.2, -0.15) is 5.10 Å². The molecule has 0 N–H and O–H groups in total. The van der Waals surface area contributed by atoms with E-state index in [0.717, 1.165) is 22.6 Å². The summed E-state index contributed by atoms with van der Waals surface area (Å²) in [6.45, 7) is 9.32. The van der Waals surface area contributed by atoms with Crippen molar-refractivity contribution in [2.24, 2.45) is 0 Å². The minimum atomic E-state index is -0.391. The Labute approximate surface area is 207 Å². The Morgan fingerprint density at radius 2 is 1.57 bits per heavy atom. The van der Waals surface area contributed by atoms with Gasteiger partial charge in [0.1, 0.15) is 17.0 Å². The van der Waals surface area contributed by atoms with Crippen LogP contribution in [0.15, 0.2) is 85.1 Å². The van der Waals surface area contributed by atoms with Crippen LogP contribution in [0.3, 0.4) is 0 Å². The summed E-state index contributed by atoms with van der Waals surface area (Å²) in [7, 11) is 0. The molecule has 0 radical (unpaired) electrons. The van der Waals surface area contributed by atoms with Gasteiger partial charge in [0, 0.05) is 18.2 Å². The maximum Gasteiger partial charge on any atom is 0.342 e. The second-order valence-corrected chi connectivity index (χ2v) is 9.65. The number of carbonyl (C=O) groups is 1. The van der Waals surface area contributed by atoms with Gasteiger partial charge in [-0.05, 0) is 42.2 Å². The lowest BCUT2D eigenvalue weighted by atomic mass is 9.87. The molecule has 4 rings (SSSR count). The van der Waals surface area contributed by atoms with Gasteiger partial charge in [-0.1, -0.05) is 80.9 Å². The standard InChI is InChI=1S/C30H32N2O3/c1-22-11-13-23(14-12-22)28-27(21-32(31-28)25-9-6-5-7-10-25)29(33)35-20-8-19-34-26-17-15-24(16-18-26)30(2,3)4/h5-7,9-18,21H,8,19-20H2,1-4H3. The molecule has 0 spiro atoms. The highest BCUT2D eigenvalue weighted by atomic mass is 16.5. The molecular weight excluding hydrogens is 436 g/mol. The molecule has 0 unspecified atom stereocenters. The highest BCUT2D eigenvalue weighted by molar-refractivity contribution is 5.96. The zero-order valence-electron chi connectivity index (χ0n) is 20.8. The predicted molar refractivity (Wildman–Crippen MR) is 139 cm³/mol. The van der Waals surface area contributed by atoms with Crippen LogP contribution in [0.25, 0.3) is 16.9 Å². The van der Waals surface area contributed by atoms with Crippen molar-refractivity contribution >= 4 is 5.97 Å². The normalized spacial score (nSPS) is 11.3. The molecule has 1 heterocycles. The van der Waals surface area contributed by atoms with E-state index in [1.807, 2.05) is 73.7 Å². The second kappa shape index (κ2) is 10.6. The van der Waals surface area contributed by atoms with Gasteiger partial charge in [0.15, 0.2) is 0 Å². The first-order valence-corrected chi connectivity index (χ1v) is 11.9. The first-order chi connectivity index (χ1) is 16.8. The van der Waals surface area contributed by atoms with Crippen molar-refractivity contribution in [3.63, 3.8) is 0 Å². The van der Waals surface area contributed by atoms with Crippen molar-refractivity contribution in [2.75, 3.05) is 13.2 Å². The summed E-state index contributed by atoms with van der Waals surface area (Å²) in [5, 5.41) is 4.70. The van der Waals surface area contributed by atoms with Crippen LogP contribution in [0.1, 0.15) is 48.7 Å². The summed E-state index contributed by atoms with van der Waals surface area (Å²) in [4.78, 5) is 13.0. The minimum Gasteiger partial charge on any atom is -0.493 e. The number of esters is 1. The highest BCUT2D eigenvalue weighted by Gasteiger charge is 2.20. The lowest BCUT2D eigenvalue weighted by molar-refractivity contribution is 0.0487. The Balaban J connectivity index is 1.39. The summed E-state index contributed by atoms with van der Waals surface area (Å²) in [5.74, 6) is 0.424. The molecule has 1 aromatic heterocycles. The molecule has 0 atom stereocenters. The molecule has 0 fully saturated rings. The number of aromatic nitrogens is 2. The van der Waals surface area contributed by atoms with Crippen molar-refractivity contribution in [1.82, 2.24) is 9.78 Å². The van der Waals surface area contributed by atoms with E-state index in [9.17, 15) is 4.79 Å². The fourth-order valence-electron chi connectivity index (χ4n) is 3.70. The molecule has 0 amide bonds. The molecule has 0 aliphatic rings. The van der Waals surface area contributed by atoms with Crippen LogP contribution < -0.4 is 4.74 Å². The zero-order valence-corrected chi connectivity index (χ0v) is 20.8. The number of ether oxygens (including phenoxy) is 2. The molecule has 0 saturated carbocycles. The number of carbonyl (C=O) groups excluding carboxylic acids is 1. The number of benzene rings is 3. The van der Waals surface area contributed by atoms with E-state index in [1.54, 1.807) is 10.9 Å². The zero-order chi connectivity index (χ0) is 24.8. The van der Waals surface area contributed by atoms with E-state index in [-0.39, 0.29) is 12.0 Å². The Morgan fingerprint density at radius 3 is 2.23 bits per heavy atom. The van der Waals surface area contributed by atoms with Gasteiger partial charge >= 0.3 is 5.97 Å². The van der Waals surface area contributed by atoms with Gasteiger partial charge in [-0.25, -0.2) is 9.48 Å². The van der Waals surface area contributed by atoms with Gasteiger partial charge in [0.25, 0.3) is 0 Å². The van der Waals surface area contributed by atoms with Crippen LogP contribution in [-0.2, 0) is 10.2 Å². The molecule has 5 nitrogen and oxygen atoms in total. The summed E-state index contributed by atoms with van der Waals surface area (Å²) >= 11 is 0. The fourth-order valence-corrected chi connectivity index (χ4v) is 3.70. The van der Waals surface area contributed by atoms with E-state index < -0.39 is 5.97 Å². The molecular formula is C30H32N2O3. The lowest BCUT2D eigenvalue weighted by Gasteiger charge is -2.19. The van der Waals surface area contributed by atoms with Gasteiger partial charge in [0.05, 0.1) is 18.9 Å². The van der Waals surface area contributed by atoms with Crippen LogP contribution >= 0.6 is 0 Å². The average molecular weight is 469 g/mol. The quantitative estimate of drug-likeness (QED) is 0.211. The van der Waals surface area contributed by atoms with Gasteiger partial charge in [0.2, 0.25) is 0 Å². The van der Waals surface area contributed by atoms with Crippen LogP contribution in [-0.4, -0.2) is 29.0 Å². The molecule has 0 aliphatic heterocycles. The van der Waals surface area contributed by atoms with E-state index in [4.69, 9.17) is 14.6 Å². The second-order valence-electron chi connectivity index (χ2n) is 9.65. The van der Waals surface area contributed by atoms with E-state index in [1.165, 1.54) is 5.56 Å². The van der Waals surface area contributed by atoms with E-state index in [0.29, 0.717) is 24.3 Å². The molecule has 4 aromatic rings. The Kier molecular flexibility index (Phi) is 7.35. The molecule has 5 heteroatoms. The summed E-state index contributed by atoms with van der Waals surface area (Å²) < 4.78 is 13.1. The van der Waals surface area contributed by atoms with Crippen molar-refractivity contribution in [2.45, 2.75) is 39.5 Å². The summed E-state index contributed by atoms with van der Waals surface area (Å²) in [6.07, 6.45) is 2.33. The number of nitrogens with zero attached hydrogens (tertiary/aromatic N) is 2.